The Morgan fingerprint density at radius 2 is 1.68 bits per heavy atom. The van der Waals surface area contributed by atoms with Crippen molar-refractivity contribution >= 4 is 54.8 Å². The molecule has 0 aliphatic heterocycles. The van der Waals surface area contributed by atoms with E-state index in [0.29, 0.717) is 4.83 Å². The number of hydrogen-bond donors (Lipinski definition) is 0. The van der Waals surface area contributed by atoms with Crippen molar-refractivity contribution in [3.63, 3.8) is 0 Å². The number of rotatable bonds is 2. The Labute approximate surface area is 140 Å². The maximum Gasteiger partial charge on any atom is 0.0887 e. The molecule has 19 heavy (non-hydrogen) atoms. The van der Waals surface area contributed by atoms with Gasteiger partial charge in [-0.2, -0.15) is 0 Å². The lowest BCUT2D eigenvalue weighted by Crippen LogP contribution is -2.46. The second-order valence-electron chi connectivity index (χ2n) is 6.68. The van der Waals surface area contributed by atoms with Crippen LogP contribution in [0.2, 0.25) is 5.02 Å². The molecule has 4 fully saturated rings. The molecule has 0 spiro atoms. The molecule has 5 rings (SSSR count). The zero-order valence-corrected chi connectivity index (χ0v) is 15.4. The first-order chi connectivity index (χ1) is 9.11. The molecule has 1 aromatic rings. The summed E-state index contributed by atoms with van der Waals surface area (Å²) in [5.41, 5.74) is 0. The standard InChI is InChI=1S/C15H17Br2ClS/c16-14(12-6-11(18)15(17)19-12)13-9-2-7-1-8(4-9)5-10(13)3-7/h6-10,13-14H,1-5H2. The van der Waals surface area contributed by atoms with Crippen LogP contribution in [0.15, 0.2) is 9.85 Å². The molecule has 0 aromatic carbocycles. The van der Waals surface area contributed by atoms with E-state index in [1.165, 1.54) is 37.0 Å². The second-order valence-corrected chi connectivity index (χ2v) is 10.5. The highest BCUT2D eigenvalue weighted by atomic mass is 79.9. The van der Waals surface area contributed by atoms with Crippen LogP contribution in [-0.4, -0.2) is 0 Å². The summed E-state index contributed by atoms with van der Waals surface area (Å²) in [5.74, 6) is 4.86. The molecule has 0 amide bonds. The van der Waals surface area contributed by atoms with Crippen LogP contribution >= 0.6 is 54.8 Å². The van der Waals surface area contributed by atoms with Gasteiger partial charge in [-0.15, -0.1) is 11.3 Å². The molecule has 1 heterocycles. The Morgan fingerprint density at radius 1 is 1.11 bits per heavy atom. The summed E-state index contributed by atoms with van der Waals surface area (Å²) in [6.45, 7) is 0. The van der Waals surface area contributed by atoms with Crippen molar-refractivity contribution in [3.05, 3.63) is 19.8 Å². The summed E-state index contributed by atoms with van der Waals surface area (Å²) in [4.78, 5) is 1.92. The van der Waals surface area contributed by atoms with E-state index >= 15 is 0 Å². The fraction of sp³-hybridized carbons (Fsp3) is 0.733. The van der Waals surface area contributed by atoms with Gasteiger partial charge in [0.05, 0.1) is 13.6 Å². The molecule has 1 unspecified atom stereocenters. The van der Waals surface area contributed by atoms with E-state index in [-0.39, 0.29) is 0 Å². The predicted molar refractivity (Wildman–Crippen MR) is 89.2 cm³/mol. The Bertz CT molecular complexity index is 451. The Morgan fingerprint density at radius 3 is 2.16 bits per heavy atom. The molecule has 0 radical (unpaired) electrons. The highest BCUT2D eigenvalue weighted by Crippen LogP contribution is 2.61. The molecule has 0 nitrogen and oxygen atoms in total. The molecule has 4 aliphatic rings. The Kier molecular flexibility index (Phi) is 3.58. The molecule has 4 heteroatoms. The Hall–Kier alpha value is 0.950. The van der Waals surface area contributed by atoms with Gasteiger partial charge < -0.3 is 0 Å². The molecule has 4 saturated carbocycles. The SMILES string of the molecule is Clc1cc(C(Br)C2C3CC4CC(C3)CC2C4)sc1Br. The molecular formula is C15H17Br2ClS. The number of hydrogen-bond acceptors (Lipinski definition) is 1. The van der Waals surface area contributed by atoms with Crippen molar-refractivity contribution < 1.29 is 0 Å². The van der Waals surface area contributed by atoms with Crippen LogP contribution in [0, 0.1) is 29.6 Å². The third kappa shape index (κ3) is 2.27. The van der Waals surface area contributed by atoms with Crippen LogP contribution in [0.3, 0.4) is 0 Å². The van der Waals surface area contributed by atoms with Crippen molar-refractivity contribution in [2.75, 3.05) is 0 Å². The minimum Gasteiger partial charge on any atom is -0.130 e. The lowest BCUT2D eigenvalue weighted by molar-refractivity contribution is -0.0361. The number of halogens is 3. The predicted octanol–water partition coefficient (Wildman–Crippen LogP) is 6.67. The van der Waals surface area contributed by atoms with Crippen molar-refractivity contribution in [1.82, 2.24) is 0 Å². The van der Waals surface area contributed by atoms with E-state index in [1.54, 1.807) is 11.3 Å². The third-order valence-corrected chi connectivity index (χ3v) is 9.54. The lowest BCUT2D eigenvalue weighted by atomic mass is 9.51. The van der Waals surface area contributed by atoms with E-state index < -0.39 is 0 Å². The quantitative estimate of drug-likeness (QED) is 0.465. The first-order valence-electron chi connectivity index (χ1n) is 7.20. The van der Waals surface area contributed by atoms with Gasteiger partial charge in [-0.25, -0.2) is 0 Å². The van der Waals surface area contributed by atoms with Crippen LogP contribution in [0.25, 0.3) is 0 Å². The summed E-state index contributed by atoms with van der Waals surface area (Å²) in [7, 11) is 0. The van der Waals surface area contributed by atoms with Gasteiger partial charge in [-0.1, -0.05) is 27.5 Å². The van der Waals surface area contributed by atoms with E-state index in [0.717, 1.165) is 38.4 Å². The van der Waals surface area contributed by atoms with Crippen LogP contribution < -0.4 is 0 Å². The topological polar surface area (TPSA) is 0 Å². The van der Waals surface area contributed by atoms with Gasteiger partial charge in [0.15, 0.2) is 0 Å². The minimum atomic E-state index is 0.510. The van der Waals surface area contributed by atoms with Gasteiger partial charge >= 0.3 is 0 Å². The molecular weight excluding hydrogens is 407 g/mol. The molecule has 104 valence electrons. The van der Waals surface area contributed by atoms with Gasteiger partial charge in [0.2, 0.25) is 0 Å². The van der Waals surface area contributed by atoms with E-state index in [1.807, 2.05) is 0 Å². The molecule has 0 N–H and O–H groups in total. The highest BCUT2D eigenvalue weighted by molar-refractivity contribution is 9.11. The summed E-state index contributed by atoms with van der Waals surface area (Å²) in [5, 5.41) is 0.869. The summed E-state index contributed by atoms with van der Waals surface area (Å²) >= 11 is 15.6. The van der Waals surface area contributed by atoms with Gasteiger partial charge in [0, 0.05) is 4.88 Å². The fourth-order valence-corrected chi connectivity index (χ4v) is 8.19. The zero-order valence-electron chi connectivity index (χ0n) is 10.6. The number of thiophene rings is 1. The average Bonchev–Trinajstić information content (AvgIpc) is 2.68. The van der Waals surface area contributed by atoms with Crippen LogP contribution in [0.5, 0.6) is 0 Å². The lowest BCUT2D eigenvalue weighted by Gasteiger charge is -2.55. The van der Waals surface area contributed by atoms with E-state index in [2.05, 4.69) is 37.9 Å². The van der Waals surface area contributed by atoms with Gasteiger partial charge in [-0.3, -0.25) is 0 Å². The summed E-state index contributed by atoms with van der Waals surface area (Å²) in [6.07, 6.45) is 7.48. The monoisotopic (exact) mass is 422 g/mol. The highest BCUT2D eigenvalue weighted by Gasteiger charge is 2.50. The van der Waals surface area contributed by atoms with Crippen molar-refractivity contribution in [3.8, 4) is 0 Å². The Balaban J connectivity index is 1.61. The van der Waals surface area contributed by atoms with Crippen LogP contribution in [0.4, 0.5) is 0 Å². The first-order valence-corrected chi connectivity index (χ1v) is 10.1. The maximum atomic E-state index is 6.21. The summed E-state index contributed by atoms with van der Waals surface area (Å²) < 4.78 is 1.08. The molecule has 4 bridgehead atoms. The largest absolute Gasteiger partial charge is 0.130 e. The fourth-order valence-electron chi connectivity index (χ4n) is 5.13. The van der Waals surface area contributed by atoms with Crippen LogP contribution in [0.1, 0.15) is 41.8 Å². The van der Waals surface area contributed by atoms with Crippen molar-refractivity contribution in [2.24, 2.45) is 29.6 Å². The first kappa shape index (κ1) is 13.6. The summed E-state index contributed by atoms with van der Waals surface area (Å²) in [6, 6.07) is 2.15. The van der Waals surface area contributed by atoms with Crippen LogP contribution in [-0.2, 0) is 0 Å². The molecule has 0 saturated heterocycles. The van der Waals surface area contributed by atoms with E-state index in [9.17, 15) is 0 Å². The second kappa shape index (κ2) is 5.00. The number of alkyl halides is 1. The minimum absolute atomic E-state index is 0.510. The zero-order chi connectivity index (χ0) is 13.1. The van der Waals surface area contributed by atoms with Gasteiger partial charge in [0.1, 0.15) is 0 Å². The normalized spacial score (nSPS) is 41.7. The average molecular weight is 425 g/mol. The maximum absolute atomic E-state index is 6.21. The molecule has 1 atom stereocenters. The van der Waals surface area contributed by atoms with Gasteiger partial charge in [-0.05, 0) is 83.7 Å². The smallest absolute Gasteiger partial charge is 0.0887 e. The van der Waals surface area contributed by atoms with Crippen molar-refractivity contribution in [1.29, 1.82) is 0 Å². The van der Waals surface area contributed by atoms with Crippen molar-refractivity contribution in [2.45, 2.75) is 36.9 Å². The third-order valence-electron chi connectivity index (χ3n) is 5.57. The molecule has 1 aromatic heterocycles. The molecule has 4 aliphatic carbocycles. The van der Waals surface area contributed by atoms with E-state index in [4.69, 9.17) is 11.6 Å². The van der Waals surface area contributed by atoms with Gasteiger partial charge in [0.25, 0.3) is 0 Å².